The molecule has 11 nitrogen and oxygen atoms in total. The molecule has 0 spiro atoms. The first-order chi connectivity index (χ1) is 16.0. The SMILES string of the molecule is Cc1nc(-c2nnn(C)c2Nc2nnc(CC3CC3)o2)ccc1OC1CCC[C@H](C(=O)O)C1. The Morgan fingerprint density at radius 2 is 2.09 bits per heavy atom. The minimum absolute atomic E-state index is 0.123. The maximum Gasteiger partial charge on any atom is 0.321 e. The molecule has 2 aliphatic carbocycles. The molecule has 1 unspecified atom stereocenters. The first kappa shape index (κ1) is 21.4. The highest BCUT2D eigenvalue weighted by Gasteiger charge is 2.29. The van der Waals surface area contributed by atoms with Gasteiger partial charge < -0.3 is 14.3 Å². The number of pyridine rings is 1. The summed E-state index contributed by atoms with van der Waals surface area (Å²) in [6, 6.07) is 3.96. The smallest absolute Gasteiger partial charge is 0.321 e. The Morgan fingerprint density at radius 3 is 2.85 bits per heavy atom. The summed E-state index contributed by atoms with van der Waals surface area (Å²) in [7, 11) is 1.77. The lowest BCUT2D eigenvalue weighted by Gasteiger charge is -2.27. The van der Waals surface area contributed by atoms with Crippen molar-refractivity contribution in [3.8, 4) is 17.1 Å². The van der Waals surface area contributed by atoms with E-state index >= 15 is 0 Å². The number of ether oxygens (including phenoxy) is 1. The third kappa shape index (κ3) is 4.81. The van der Waals surface area contributed by atoms with E-state index in [2.05, 4.69) is 30.8 Å². The van der Waals surface area contributed by atoms with Crippen LogP contribution < -0.4 is 10.1 Å². The van der Waals surface area contributed by atoms with Crippen molar-refractivity contribution in [2.45, 2.75) is 58.0 Å². The number of carbonyl (C=O) groups is 1. The zero-order valence-corrected chi connectivity index (χ0v) is 18.7. The molecule has 3 heterocycles. The van der Waals surface area contributed by atoms with E-state index in [0.717, 1.165) is 19.3 Å². The van der Waals surface area contributed by atoms with Crippen LogP contribution in [0, 0.1) is 18.8 Å². The fourth-order valence-electron chi connectivity index (χ4n) is 4.19. The average molecular weight is 454 g/mol. The van der Waals surface area contributed by atoms with E-state index in [4.69, 9.17) is 9.15 Å². The van der Waals surface area contributed by atoms with E-state index in [1.165, 1.54) is 12.8 Å². The highest BCUT2D eigenvalue weighted by atomic mass is 16.5. The minimum Gasteiger partial charge on any atom is -0.489 e. The number of anilines is 2. The van der Waals surface area contributed by atoms with Crippen LogP contribution in [0.4, 0.5) is 11.8 Å². The molecule has 5 rings (SSSR count). The molecular weight excluding hydrogens is 426 g/mol. The topological polar surface area (TPSA) is 141 Å². The van der Waals surface area contributed by atoms with E-state index in [0.29, 0.717) is 59.3 Å². The molecule has 33 heavy (non-hydrogen) atoms. The van der Waals surface area contributed by atoms with Gasteiger partial charge in [0.05, 0.1) is 23.4 Å². The summed E-state index contributed by atoms with van der Waals surface area (Å²) in [5.41, 5.74) is 1.88. The van der Waals surface area contributed by atoms with Gasteiger partial charge in [-0.2, -0.15) is 0 Å². The van der Waals surface area contributed by atoms with Gasteiger partial charge >= 0.3 is 12.0 Å². The van der Waals surface area contributed by atoms with Crippen LogP contribution in [0.1, 0.15) is 50.1 Å². The van der Waals surface area contributed by atoms with Gasteiger partial charge in [-0.15, -0.1) is 10.2 Å². The average Bonchev–Trinajstić information content (AvgIpc) is 3.39. The Balaban J connectivity index is 1.31. The second-order valence-electron chi connectivity index (χ2n) is 8.91. The van der Waals surface area contributed by atoms with E-state index in [9.17, 15) is 9.90 Å². The lowest BCUT2D eigenvalue weighted by atomic mass is 9.87. The predicted molar refractivity (Wildman–Crippen MR) is 117 cm³/mol. The molecule has 0 bridgehead atoms. The van der Waals surface area contributed by atoms with Crippen molar-refractivity contribution >= 4 is 17.8 Å². The van der Waals surface area contributed by atoms with Gasteiger partial charge in [-0.3, -0.25) is 10.1 Å². The summed E-state index contributed by atoms with van der Waals surface area (Å²) in [6.45, 7) is 1.86. The molecule has 0 amide bonds. The number of aliphatic carboxylic acids is 1. The van der Waals surface area contributed by atoms with Crippen LogP contribution in [0.15, 0.2) is 16.5 Å². The summed E-state index contributed by atoms with van der Waals surface area (Å²) in [4.78, 5) is 16.0. The Bertz CT molecular complexity index is 1150. The number of nitrogens with zero attached hydrogens (tertiary/aromatic N) is 6. The fourth-order valence-corrected chi connectivity index (χ4v) is 4.19. The highest BCUT2D eigenvalue weighted by molar-refractivity contribution is 5.71. The van der Waals surface area contributed by atoms with Crippen LogP contribution in [-0.4, -0.2) is 47.4 Å². The lowest BCUT2D eigenvalue weighted by molar-refractivity contribution is -0.143. The summed E-state index contributed by atoms with van der Waals surface area (Å²) in [5, 5.41) is 29.0. The Kier molecular flexibility index (Phi) is 5.69. The first-order valence-corrected chi connectivity index (χ1v) is 11.3. The molecule has 2 saturated carbocycles. The quantitative estimate of drug-likeness (QED) is 0.522. The van der Waals surface area contributed by atoms with Crippen molar-refractivity contribution in [1.82, 2.24) is 30.2 Å². The maximum atomic E-state index is 11.3. The van der Waals surface area contributed by atoms with Gasteiger partial charge in [0.15, 0.2) is 11.5 Å². The van der Waals surface area contributed by atoms with Crippen molar-refractivity contribution < 1.29 is 19.1 Å². The molecule has 0 radical (unpaired) electrons. The van der Waals surface area contributed by atoms with Gasteiger partial charge in [0.25, 0.3) is 0 Å². The second-order valence-corrected chi connectivity index (χ2v) is 8.91. The minimum atomic E-state index is -0.753. The van der Waals surface area contributed by atoms with E-state index in [1.54, 1.807) is 11.7 Å². The van der Waals surface area contributed by atoms with Crippen LogP contribution in [0.2, 0.25) is 0 Å². The normalized spacial score (nSPS) is 20.5. The van der Waals surface area contributed by atoms with E-state index in [-0.39, 0.29) is 12.0 Å². The van der Waals surface area contributed by atoms with Gasteiger partial charge in [-0.1, -0.05) is 10.3 Å². The third-order valence-corrected chi connectivity index (χ3v) is 6.23. The molecule has 0 aromatic carbocycles. The molecule has 174 valence electrons. The Hall–Kier alpha value is -3.50. The van der Waals surface area contributed by atoms with Crippen molar-refractivity contribution in [3.63, 3.8) is 0 Å². The number of hydrogen-bond acceptors (Lipinski definition) is 9. The molecule has 3 aromatic heterocycles. The number of aromatic nitrogens is 6. The van der Waals surface area contributed by atoms with Crippen LogP contribution >= 0.6 is 0 Å². The molecule has 2 aliphatic rings. The number of rotatable bonds is 8. The zero-order chi connectivity index (χ0) is 22.9. The van der Waals surface area contributed by atoms with Crippen molar-refractivity contribution in [2.75, 3.05) is 5.32 Å². The van der Waals surface area contributed by atoms with Crippen LogP contribution in [0.5, 0.6) is 5.75 Å². The van der Waals surface area contributed by atoms with Crippen LogP contribution in [-0.2, 0) is 18.3 Å². The molecule has 2 fully saturated rings. The van der Waals surface area contributed by atoms with Gasteiger partial charge in [0, 0.05) is 13.5 Å². The summed E-state index contributed by atoms with van der Waals surface area (Å²) < 4.78 is 13.4. The third-order valence-electron chi connectivity index (χ3n) is 6.23. The summed E-state index contributed by atoms with van der Waals surface area (Å²) in [6.07, 6.45) is 6.02. The van der Waals surface area contributed by atoms with Crippen molar-refractivity contribution in [1.29, 1.82) is 0 Å². The van der Waals surface area contributed by atoms with Crippen molar-refractivity contribution in [2.24, 2.45) is 18.9 Å². The zero-order valence-electron chi connectivity index (χ0n) is 18.7. The summed E-state index contributed by atoms with van der Waals surface area (Å²) >= 11 is 0. The Morgan fingerprint density at radius 1 is 1.24 bits per heavy atom. The number of hydrogen-bond donors (Lipinski definition) is 2. The largest absolute Gasteiger partial charge is 0.489 e. The van der Waals surface area contributed by atoms with Gasteiger partial charge in [0.1, 0.15) is 5.75 Å². The van der Waals surface area contributed by atoms with Crippen LogP contribution in [0.25, 0.3) is 11.4 Å². The van der Waals surface area contributed by atoms with E-state index in [1.807, 2.05) is 19.1 Å². The monoisotopic (exact) mass is 453 g/mol. The fraction of sp³-hybridized carbons (Fsp3) is 0.545. The highest BCUT2D eigenvalue weighted by Crippen LogP contribution is 2.34. The number of carboxylic acid groups (broad SMARTS) is 1. The van der Waals surface area contributed by atoms with E-state index < -0.39 is 5.97 Å². The standard InChI is InChI=1S/C22H27N7O4/c1-12-17(32-15-5-3-4-14(11-15)21(30)31)9-8-16(23-12)19-20(29(2)28-26-19)24-22-27-25-18(33-22)10-13-6-7-13/h8-9,13-15H,3-7,10-11H2,1-2H3,(H,24,27)(H,30,31)/t14-,15?/m0/s1. The van der Waals surface area contributed by atoms with Gasteiger partial charge in [0.2, 0.25) is 5.89 Å². The molecule has 2 atom stereocenters. The summed E-state index contributed by atoms with van der Waals surface area (Å²) in [5.74, 6) is 1.42. The molecule has 11 heteroatoms. The number of aryl methyl sites for hydroxylation is 2. The molecule has 3 aromatic rings. The molecule has 0 saturated heterocycles. The van der Waals surface area contributed by atoms with Crippen LogP contribution in [0.3, 0.4) is 0 Å². The van der Waals surface area contributed by atoms with Gasteiger partial charge in [-0.05, 0) is 63.5 Å². The number of nitrogens with one attached hydrogen (secondary N) is 1. The predicted octanol–water partition coefficient (Wildman–Crippen LogP) is 3.29. The first-order valence-electron chi connectivity index (χ1n) is 11.3. The van der Waals surface area contributed by atoms with Crippen molar-refractivity contribution in [3.05, 3.63) is 23.7 Å². The number of carboxylic acids is 1. The lowest BCUT2D eigenvalue weighted by Crippen LogP contribution is -2.29. The second kappa shape index (κ2) is 8.80. The Labute approximate surface area is 190 Å². The molecule has 2 N–H and O–H groups in total. The molecule has 0 aliphatic heterocycles. The van der Waals surface area contributed by atoms with Gasteiger partial charge in [-0.25, -0.2) is 9.67 Å². The molecular formula is C22H27N7O4. The maximum absolute atomic E-state index is 11.3.